The maximum atomic E-state index is 13.5. The molecule has 0 aliphatic rings. The Labute approximate surface area is 96.7 Å². The molecule has 5 nitrogen and oxygen atoms in total. The predicted octanol–water partition coefficient (Wildman–Crippen LogP) is 2.08. The Bertz CT molecular complexity index is 566. The van der Waals surface area contributed by atoms with Gasteiger partial charge in [-0.05, 0) is 24.6 Å². The van der Waals surface area contributed by atoms with Gasteiger partial charge in [-0.25, -0.2) is 4.39 Å². The first kappa shape index (κ1) is 11.3. The highest BCUT2D eigenvalue weighted by Crippen LogP contribution is 2.12. The lowest BCUT2D eigenvalue weighted by molar-refractivity contribution is 0.102. The van der Waals surface area contributed by atoms with Crippen molar-refractivity contribution in [2.24, 2.45) is 0 Å². The highest BCUT2D eigenvalue weighted by molar-refractivity contribution is 6.03. The lowest BCUT2D eigenvalue weighted by atomic mass is 10.1. The first-order valence-corrected chi connectivity index (χ1v) is 4.94. The molecule has 1 heterocycles. The van der Waals surface area contributed by atoms with Crippen molar-refractivity contribution in [3.05, 3.63) is 41.0 Å². The van der Waals surface area contributed by atoms with Crippen LogP contribution in [0.4, 0.5) is 10.4 Å². The molecule has 88 valence electrons. The monoisotopic (exact) mass is 235 g/mol. The molecular formula is C11H10FN3O2. The second kappa shape index (κ2) is 4.32. The number of carbonyl (C=O) groups is 1. The molecule has 0 atom stereocenters. The van der Waals surface area contributed by atoms with Gasteiger partial charge < -0.3 is 4.42 Å². The number of nitrogens with zero attached hydrogens (tertiary/aromatic N) is 2. The van der Waals surface area contributed by atoms with Crippen molar-refractivity contribution in [1.29, 1.82) is 0 Å². The lowest BCUT2D eigenvalue weighted by Gasteiger charge is -2.02. The van der Waals surface area contributed by atoms with Gasteiger partial charge >= 0.3 is 6.01 Å². The van der Waals surface area contributed by atoms with Crippen molar-refractivity contribution in [3.8, 4) is 0 Å². The quantitative estimate of drug-likeness (QED) is 0.865. The molecule has 2 aromatic rings. The van der Waals surface area contributed by atoms with E-state index in [1.807, 2.05) is 0 Å². The van der Waals surface area contributed by atoms with E-state index in [-0.39, 0.29) is 11.6 Å². The first-order valence-electron chi connectivity index (χ1n) is 4.94. The molecule has 0 fully saturated rings. The van der Waals surface area contributed by atoms with Crippen LogP contribution in [0.3, 0.4) is 0 Å². The standard InChI is InChI=1S/C11H10FN3O2/c1-6-3-4-8(9(12)5-6)10(16)13-11-15-14-7(2)17-11/h3-5H,1-2H3,(H,13,15,16). The predicted molar refractivity (Wildman–Crippen MR) is 58.1 cm³/mol. The van der Waals surface area contributed by atoms with E-state index >= 15 is 0 Å². The van der Waals surface area contributed by atoms with Gasteiger partial charge in [-0.15, -0.1) is 5.10 Å². The zero-order valence-electron chi connectivity index (χ0n) is 9.32. The molecular weight excluding hydrogens is 225 g/mol. The maximum Gasteiger partial charge on any atom is 0.322 e. The van der Waals surface area contributed by atoms with Gasteiger partial charge in [0.25, 0.3) is 5.91 Å². The average molecular weight is 235 g/mol. The number of amides is 1. The molecule has 0 bridgehead atoms. The highest BCUT2D eigenvalue weighted by Gasteiger charge is 2.14. The van der Waals surface area contributed by atoms with Crippen LogP contribution < -0.4 is 5.32 Å². The number of hydrogen-bond donors (Lipinski definition) is 1. The summed E-state index contributed by atoms with van der Waals surface area (Å²) in [6.07, 6.45) is 0. The molecule has 17 heavy (non-hydrogen) atoms. The Morgan fingerprint density at radius 1 is 1.35 bits per heavy atom. The fourth-order valence-corrected chi connectivity index (χ4v) is 1.32. The summed E-state index contributed by atoms with van der Waals surface area (Å²) < 4.78 is 18.4. The topological polar surface area (TPSA) is 68.0 Å². The van der Waals surface area contributed by atoms with E-state index in [0.717, 1.165) is 5.56 Å². The number of rotatable bonds is 2. The maximum absolute atomic E-state index is 13.5. The number of carbonyl (C=O) groups excluding carboxylic acids is 1. The summed E-state index contributed by atoms with van der Waals surface area (Å²) >= 11 is 0. The molecule has 2 rings (SSSR count). The minimum atomic E-state index is -0.619. The molecule has 0 saturated heterocycles. The Balaban J connectivity index is 2.20. The molecule has 6 heteroatoms. The molecule has 1 aromatic carbocycles. The molecule has 0 radical (unpaired) electrons. The minimum absolute atomic E-state index is 0.0486. The number of aryl methyl sites for hydroxylation is 2. The van der Waals surface area contributed by atoms with Gasteiger partial charge in [-0.3, -0.25) is 10.1 Å². The van der Waals surface area contributed by atoms with Crippen LogP contribution in [0.5, 0.6) is 0 Å². The summed E-state index contributed by atoms with van der Waals surface area (Å²) in [6, 6.07) is 4.29. The van der Waals surface area contributed by atoms with E-state index in [2.05, 4.69) is 15.5 Å². The number of nitrogens with one attached hydrogen (secondary N) is 1. The van der Waals surface area contributed by atoms with Crippen LogP contribution in [-0.4, -0.2) is 16.1 Å². The summed E-state index contributed by atoms with van der Waals surface area (Å²) in [6.45, 7) is 3.33. The Kier molecular flexibility index (Phi) is 2.86. The van der Waals surface area contributed by atoms with E-state index in [1.54, 1.807) is 19.9 Å². The van der Waals surface area contributed by atoms with Crippen LogP contribution in [0.15, 0.2) is 22.6 Å². The lowest BCUT2D eigenvalue weighted by Crippen LogP contribution is -2.14. The third-order valence-corrected chi connectivity index (χ3v) is 2.12. The van der Waals surface area contributed by atoms with E-state index < -0.39 is 11.7 Å². The van der Waals surface area contributed by atoms with Gasteiger partial charge in [0.2, 0.25) is 5.89 Å². The van der Waals surface area contributed by atoms with Crippen molar-refractivity contribution in [3.63, 3.8) is 0 Å². The van der Waals surface area contributed by atoms with Crippen molar-refractivity contribution >= 4 is 11.9 Å². The van der Waals surface area contributed by atoms with Crippen LogP contribution in [0.25, 0.3) is 0 Å². The first-order chi connectivity index (χ1) is 8.06. The third kappa shape index (κ3) is 2.47. The Hall–Kier alpha value is -2.24. The number of benzene rings is 1. The highest BCUT2D eigenvalue weighted by atomic mass is 19.1. The zero-order valence-corrected chi connectivity index (χ0v) is 9.32. The average Bonchev–Trinajstić information content (AvgIpc) is 2.63. The summed E-state index contributed by atoms with van der Waals surface area (Å²) in [5, 5.41) is 9.45. The van der Waals surface area contributed by atoms with E-state index in [4.69, 9.17) is 4.42 Å². The van der Waals surface area contributed by atoms with Crippen molar-refractivity contribution in [2.45, 2.75) is 13.8 Å². The van der Waals surface area contributed by atoms with Crippen molar-refractivity contribution in [1.82, 2.24) is 10.2 Å². The van der Waals surface area contributed by atoms with Gasteiger partial charge in [0.05, 0.1) is 5.56 Å². The number of hydrogen-bond acceptors (Lipinski definition) is 4. The van der Waals surface area contributed by atoms with Crippen molar-refractivity contribution < 1.29 is 13.6 Å². The number of halogens is 1. The summed E-state index contributed by atoms with van der Waals surface area (Å²) in [4.78, 5) is 11.7. The van der Waals surface area contributed by atoms with Gasteiger partial charge in [0, 0.05) is 6.92 Å². The van der Waals surface area contributed by atoms with Crippen LogP contribution in [0.2, 0.25) is 0 Å². The Morgan fingerprint density at radius 2 is 2.12 bits per heavy atom. The molecule has 0 saturated carbocycles. The van der Waals surface area contributed by atoms with E-state index in [0.29, 0.717) is 5.89 Å². The van der Waals surface area contributed by atoms with E-state index in [9.17, 15) is 9.18 Å². The van der Waals surface area contributed by atoms with Crippen LogP contribution in [-0.2, 0) is 0 Å². The second-order valence-corrected chi connectivity index (χ2v) is 3.56. The smallest absolute Gasteiger partial charge is 0.322 e. The molecule has 1 amide bonds. The zero-order chi connectivity index (χ0) is 12.4. The van der Waals surface area contributed by atoms with Crippen molar-refractivity contribution in [2.75, 3.05) is 5.32 Å². The third-order valence-electron chi connectivity index (χ3n) is 2.12. The van der Waals surface area contributed by atoms with Gasteiger partial charge in [0.15, 0.2) is 0 Å². The summed E-state index contributed by atoms with van der Waals surface area (Å²) in [5.41, 5.74) is 0.680. The van der Waals surface area contributed by atoms with Crippen LogP contribution in [0.1, 0.15) is 21.8 Å². The van der Waals surface area contributed by atoms with Crippen LogP contribution in [0, 0.1) is 19.7 Å². The number of anilines is 1. The SMILES string of the molecule is Cc1ccc(C(=O)Nc2nnc(C)o2)c(F)c1. The number of aromatic nitrogens is 2. The molecule has 0 spiro atoms. The molecule has 0 aliphatic heterocycles. The fourth-order valence-electron chi connectivity index (χ4n) is 1.32. The molecule has 0 unspecified atom stereocenters. The summed E-state index contributed by atoms with van der Waals surface area (Å²) in [7, 11) is 0. The molecule has 1 N–H and O–H groups in total. The minimum Gasteiger partial charge on any atom is -0.408 e. The normalized spacial score (nSPS) is 10.3. The van der Waals surface area contributed by atoms with Gasteiger partial charge in [-0.2, -0.15) is 0 Å². The summed E-state index contributed by atoms with van der Waals surface area (Å²) in [5.74, 6) is -0.880. The molecule has 0 aliphatic carbocycles. The molecule has 1 aromatic heterocycles. The van der Waals surface area contributed by atoms with Gasteiger partial charge in [0.1, 0.15) is 5.82 Å². The largest absolute Gasteiger partial charge is 0.408 e. The Morgan fingerprint density at radius 3 is 2.71 bits per heavy atom. The van der Waals surface area contributed by atoms with Gasteiger partial charge in [-0.1, -0.05) is 11.2 Å². The van der Waals surface area contributed by atoms with E-state index in [1.165, 1.54) is 12.1 Å². The fraction of sp³-hybridized carbons (Fsp3) is 0.182. The second-order valence-electron chi connectivity index (χ2n) is 3.56. The van der Waals surface area contributed by atoms with Crippen LogP contribution >= 0.6 is 0 Å².